The van der Waals surface area contributed by atoms with E-state index >= 15 is 0 Å². The van der Waals surface area contributed by atoms with E-state index < -0.39 is 15.7 Å². The van der Waals surface area contributed by atoms with Gasteiger partial charge in [0.2, 0.25) is 0 Å². The molecular weight excluding hydrogens is 468 g/mol. The van der Waals surface area contributed by atoms with Crippen LogP contribution in [0.15, 0.2) is 45.8 Å². The molecule has 0 bridgehead atoms. The molecule has 0 amide bonds. The fraction of sp³-hybridized carbons (Fsp3) is 0.500. The molecule has 0 radical (unpaired) electrons. The minimum absolute atomic E-state index is 0. The van der Waals surface area contributed by atoms with Gasteiger partial charge >= 0.3 is 0 Å². The van der Waals surface area contributed by atoms with E-state index in [2.05, 4.69) is 21.7 Å². The van der Waals surface area contributed by atoms with Gasteiger partial charge in [0.1, 0.15) is 10.7 Å². The summed E-state index contributed by atoms with van der Waals surface area (Å²) in [5, 5.41) is 6.15. The van der Waals surface area contributed by atoms with E-state index in [9.17, 15) is 12.8 Å². The fourth-order valence-electron chi connectivity index (χ4n) is 2.80. The molecule has 0 fully saturated rings. The Labute approximate surface area is 172 Å². The van der Waals surface area contributed by atoms with Gasteiger partial charge in [-0.1, -0.05) is 23.8 Å². The van der Waals surface area contributed by atoms with Gasteiger partial charge in [0, 0.05) is 20.1 Å². The maximum absolute atomic E-state index is 13.6. The first-order chi connectivity index (χ1) is 12.0. The molecule has 0 saturated carbocycles. The Kier molecular flexibility index (Phi) is 10.1. The molecule has 0 heterocycles. The van der Waals surface area contributed by atoms with Gasteiger partial charge in [-0.15, -0.1) is 24.0 Å². The van der Waals surface area contributed by atoms with Crippen molar-refractivity contribution in [2.24, 2.45) is 4.99 Å². The summed E-state index contributed by atoms with van der Waals surface area (Å²) in [5.41, 5.74) is 1.47. The monoisotopic (exact) mass is 495 g/mol. The number of nitrogens with zero attached hydrogens (tertiary/aromatic N) is 1. The highest BCUT2D eigenvalue weighted by atomic mass is 127. The molecule has 1 aliphatic rings. The first kappa shape index (κ1) is 22.9. The average molecular weight is 495 g/mol. The number of nitrogens with one attached hydrogen (secondary N) is 2. The summed E-state index contributed by atoms with van der Waals surface area (Å²) in [6.45, 7) is 0.921. The van der Waals surface area contributed by atoms with E-state index in [4.69, 9.17) is 0 Å². The molecular formula is C18H27FIN3O2S. The number of benzene rings is 1. The lowest BCUT2D eigenvalue weighted by atomic mass is 9.97. The molecule has 1 aromatic rings. The standard InChI is InChI=1S/C18H26FN3O2S.HI/c1-20-18(21-12-11-15-7-3-2-4-8-15)22-13-14-25(23,24)17-10-6-5-9-16(17)19;/h5-7,9-10H,2-4,8,11-14H2,1H3,(H2,20,21,22);1H. The van der Waals surface area contributed by atoms with Gasteiger partial charge in [0.05, 0.1) is 5.75 Å². The lowest BCUT2D eigenvalue weighted by Crippen LogP contribution is -2.40. The normalized spacial score (nSPS) is 15.0. The molecule has 2 N–H and O–H groups in total. The molecule has 1 aliphatic carbocycles. The summed E-state index contributed by atoms with van der Waals surface area (Å²) in [7, 11) is -2.02. The van der Waals surface area contributed by atoms with Crippen LogP contribution in [0, 0.1) is 5.82 Å². The van der Waals surface area contributed by atoms with Crippen molar-refractivity contribution in [3.8, 4) is 0 Å². The SMILES string of the molecule is CN=C(NCCC1=CCCCC1)NCCS(=O)(=O)c1ccccc1F.I. The number of guanidine groups is 1. The van der Waals surface area contributed by atoms with Crippen LogP contribution in [0.3, 0.4) is 0 Å². The van der Waals surface area contributed by atoms with Gasteiger partial charge in [-0.05, 0) is 44.2 Å². The number of hydrogen-bond acceptors (Lipinski definition) is 3. The van der Waals surface area contributed by atoms with Crippen molar-refractivity contribution in [2.75, 3.05) is 25.9 Å². The zero-order chi connectivity index (χ0) is 18.1. The van der Waals surface area contributed by atoms with Crippen LogP contribution in [0.25, 0.3) is 0 Å². The van der Waals surface area contributed by atoms with Gasteiger partial charge in [-0.25, -0.2) is 12.8 Å². The molecule has 2 rings (SSSR count). The number of allylic oxidation sites excluding steroid dienone is 1. The largest absolute Gasteiger partial charge is 0.356 e. The highest BCUT2D eigenvalue weighted by Gasteiger charge is 2.18. The second-order valence-corrected chi connectivity index (χ2v) is 8.11. The molecule has 146 valence electrons. The van der Waals surface area contributed by atoms with Gasteiger partial charge in [-0.3, -0.25) is 4.99 Å². The maximum Gasteiger partial charge on any atom is 0.191 e. The molecule has 1 aromatic carbocycles. The van der Waals surface area contributed by atoms with Gasteiger partial charge in [0.15, 0.2) is 15.8 Å². The van der Waals surface area contributed by atoms with Crippen molar-refractivity contribution in [3.05, 3.63) is 41.7 Å². The first-order valence-electron chi connectivity index (χ1n) is 8.62. The summed E-state index contributed by atoms with van der Waals surface area (Å²) >= 11 is 0. The minimum Gasteiger partial charge on any atom is -0.356 e. The molecule has 0 saturated heterocycles. The van der Waals surface area contributed by atoms with Gasteiger partial charge in [-0.2, -0.15) is 0 Å². The smallest absolute Gasteiger partial charge is 0.191 e. The topological polar surface area (TPSA) is 70.6 Å². The zero-order valence-electron chi connectivity index (χ0n) is 15.0. The first-order valence-corrected chi connectivity index (χ1v) is 10.3. The van der Waals surface area contributed by atoms with E-state index in [1.165, 1.54) is 36.6 Å². The lowest BCUT2D eigenvalue weighted by molar-refractivity contribution is 0.566. The van der Waals surface area contributed by atoms with Crippen molar-refractivity contribution in [1.82, 2.24) is 10.6 Å². The van der Waals surface area contributed by atoms with Crippen LogP contribution >= 0.6 is 24.0 Å². The Morgan fingerprint density at radius 3 is 2.58 bits per heavy atom. The van der Waals surface area contributed by atoms with Crippen LogP contribution in [0.1, 0.15) is 32.1 Å². The summed E-state index contributed by atoms with van der Waals surface area (Å²) in [5.74, 6) is -0.356. The third-order valence-corrected chi connectivity index (χ3v) is 5.92. The number of hydrogen-bond donors (Lipinski definition) is 2. The van der Waals surface area contributed by atoms with Gasteiger partial charge < -0.3 is 10.6 Å². The molecule has 0 unspecified atom stereocenters. The van der Waals surface area contributed by atoms with E-state index in [1.54, 1.807) is 7.05 Å². The van der Waals surface area contributed by atoms with Crippen molar-refractivity contribution < 1.29 is 12.8 Å². The van der Waals surface area contributed by atoms with Crippen LogP contribution in [0.2, 0.25) is 0 Å². The van der Waals surface area contributed by atoms with Crippen molar-refractivity contribution in [3.63, 3.8) is 0 Å². The van der Waals surface area contributed by atoms with Crippen LogP contribution in [-0.4, -0.2) is 40.3 Å². The minimum atomic E-state index is -3.66. The number of halogens is 2. The second kappa shape index (κ2) is 11.5. The van der Waals surface area contributed by atoms with E-state index in [0.29, 0.717) is 5.96 Å². The zero-order valence-corrected chi connectivity index (χ0v) is 18.1. The van der Waals surface area contributed by atoms with Crippen molar-refractivity contribution in [1.29, 1.82) is 0 Å². The third-order valence-electron chi connectivity index (χ3n) is 4.18. The molecule has 0 spiro atoms. The van der Waals surface area contributed by atoms with E-state index in [0.717, 1.165) is 31.9 Å². The highest BCUT2D eigenvalue weighted by molar-refractivity contribution is 14.0. The van der Waals surface area contributed by atoms with Crippen LogP contribution in [0.4, 0.5) is 4.39 Å². The molecule has 5 nitrogen and oxygen atoms in total. The van der Waals surface area contributed by atoms with E-state index in [-0.39, 0.29) is 41.2 Å². The second-order valence-electron chi connectivity index (χ2n) is 6.03. The predicted molar refractivity (Wildman–Crippen MR) is 114 cm³/mol. The Bertz CT molecular complexity index is 736. The number of aliphatic imine (C=N–C) groups is 1. The summed E-state index contributed by atoms with van der Waals surface area (Å²) < 4.78 is 38.0. The Morgan fingerprint density at radius 1 is 1.19 bits per heavy atom. The number of rotatable bonds is 7. The van der Waals surface area contributed by atoms with Crippen LogP contribution in [-0.2, 0) is 9.84 Å². The van der Waals surface area contributed by atoms with Gasteiger partial charge in [0.25, 0.3) is 0 Å². The van der Waals surface area contributed by atoms with Crippen molar-refractivity contribution >= 4 is 39.8 Å². The summed E-state index contributed by atoms with van der Waals surface area (Å²) in [4.78, 5) is 3.83. The Balaban J connectivity index is 0.00000338. The van der Waals surface area contributed by atoms with E-state index in [1.807, 2.05) is 0 Å². The molecule has 0 aliphatic heterocycles. The van der Waals surface area contributed by atoms with Crippen LogP contribution in [0.5, 0.6) is 0 Å². The predicted octanol–water partition coefficient (Wildman–Crippen LogP) is 3.27. The molecule has 26 heavy (non-hydrogen) atoms. The lowest BCUT2D eigenvalue weighted by Gasteiger charge is -2.15. The third kappa shape index (κ3) is 7.22. The summed E-state index contributed by atoms with van der Waals surface area (Å²) in [6, 6.07) is 5.43. The number of sulfone groups is 1. The highest BCUT2D eigenvalue weighted by Crippen LogP contribution is 2.19. The molecule has 8 heteroatoms. The van der Waals surface area contributed by atoms with Crippen LogP contribution < -0.4 is 10.6 Å². The Morgan fingerprint density at radius 2 is 1.92 bits per heavy atom. The maximum atomic E-state index is 13.6. The summed E-state index contributed by atoms with van der Waals surface area (Å²) in [6.07, 6.45) is 8.13. The Hall–Kier alpha value is -1.16. The molecule has 0 atom stereocenters. The molecule has 0 aromatic heterocycles. The van der Waals surface area contributed by atoms with Crippen molar-refractivity contribution in [2.45, 2.75) is 37.0 Å². The average Bonchev–Trinajstić information content (AvgIpc) is 2.61. The fourth-order valence-corrected chi connectivity index (χ4v) is 4.05. The quantitative estimate of drug-likeness (QED) is 0.264.